The SMILES string of the molecule is COc1ccc(OC)c2c1CN(C(=O)OCc1ccccc1)CC2O. The molecule has 0 aromatic heterocycles. The van der Waals surface area contributed by atoms with Crippen LogP contribution < -0.4 is 9.47 Å². The molecule has 0 spiro atoms. The Labute approximate surface area is 146 Å². The Hall–Kier alpha value is -2.73. The normalized spacial score (nSPS) is 16.1. The molecule has 1 aliphatic rings. The molecule has 0 bridgehead atoms. The van der Waals surface area contributed by atoms with E-state index < -0.39 is 12.2 Å². The second-order valence-corrected chi connectivity index (χ2v) is 5.80. The molecule has 1 amide bonds. The lowest BCUT2D eigenvalue weighted by Gasteiger charge is -2.33. The van der Waals surface area contributed by atoms with Crippen LogP contribution in [0.5, 0.6) is 11.5 Å². The number of fused-ring (bicyclic) bond motifs is 1. The van der Waals surface area contributed by atoms with Gasteiger partial charge in [0.05, 0.1) is 27.3 Å². The van der Waals surface area contributed by atoms with Crippen LogP contribution in [0.15, 0.2) is 42.5 Å². The van der Waals surface area contributed by atoms with E-state index in [0.717, 1.165) is 11.1 Å². The summed E-state index contributed by atoms with van der Waals surface area (Å²) in [7, 11) is 3.11. The van der Waals surface area contributed by atoms with Crippen LogP contribution >= 0.6 is 0 Å². The van der Waals surface area contributed by atoms with Crippen molar-refractivity contribution in [2.24, 2.45) is 0 Å². The summed E-state index contributed by atoms with van der Waals surface area (Å²) in [6, 6.07) is 13.0. The Morgan fingerprint density at radius 2 is 1.80 bits per heavy atom. The van der Waals surface area contributed by atoms with Gasteiger partial charge in [-0.3, -0.25) is 0 Å². The van der Waals surface area contributed by atoms with Crippen LogP contribution in [0.2, 0.25) is 0 Å². The van der Waals surface area contributed by atoms with Crippen molar-refractivity contribution in [3.8, 4) is 11.5 Å². The van der Waals surface area contributed by atoms with Gasteiger partial charge >= 0.3 is 6.09 Å². The number of β-amino-alcohol motifs (C(OH)–C–C–N with tert-alkyl or cyclic N) is 1. The lowest BCUT2D eigenvalue weighted by atomic mass is 9.95. The van der Waals surface area contributed by atoms with E-state index in [0.29, 0.717) is 23.6 Å². The van der Waals surface area contributed by atoms with Gasteiger partial charge in [-0.25, -0.2) is 4.79 Å². The smallest absolute Gasteiger partial charge is 0.410 e. The fourth-order valence-corrected chi connectivity index (χ4v) is 3.03. The van der Waals surface area contributed by atoms with Crippen molar-refractivity contribution in [2.75, 3.05) is 20.8 Å². The number of carbonyl (C=O) groups is 1. The summed E-state index contributed by atoms with van der Waals surface area (Å²) in [5, 5.41) is 10.5. The number of amides is 1. The molecule has 0 radical (unpaired) electrons. The van der Waals surface area contributed by atoms with Crippen molar-refractivity contribution in [3.05, 3.63) is 59.2 Å². The number of nitrogens with zero attached hydrogens (tertiary/aromatic N) is 1. The third-order valence-electron chi connectivity index (χ3n) is 4.25. The quantitative estimate of drug-likeness (QED) is 0.924. The number of hydrogen-bond acceptors (Lipinski definition) is 5. The van der Waals surface area contributed by atoms with E-state index in [4.69, 9.17) is 14.2 Å². The molecule has 25 heavy (non-hydrogen) atoms. The molecule has 132 valence electrons. The molecular formula is C19H21NO5. The molecule has 0 fully saturated rings. The highest BCUT2D eigenvalue weighted by atomic mass is 16.6. The fraction of sp³-hybridized carbons (Fsp3) is 0.316. The van der Waals surface area contributed by atoms with Crippen molar-refractivity contribution < 1.29 is 24.1 Å². The number of hydrogen-bond donors (Lipinski definition) is 1. The van der Waals surface area contributed by atoms with Crippen LogP contribution in [0.4, 0.5) is 4.79 Å². The average molecular weight is 343 g/mol. The van der Waals surface area contributed by atoms with Crippen molar-refractivity contribution >= 4 is 6.09 Å². The number of methoxy groups -OCH3 is 2. The average Bonchev–Trinajstić information content (AvgIpc) is 2.65. The molecule has 0 saturated heterocycles. The molecule has 1 N–H and O–H groups in total. The van der Waals surface area contributed by atoms with E-state index >= 15 is 0 Å². The molecule has 2 aromatic carbocycles. The Morgan fingerprint density at radius 1 is 1.12 bits per heavy atom. The number of carbonyl (C=O) groups excluding carboxylic acids is 1. The third kappa shape index (κ3) is 3.53. The number of aliphatic hydroxyl groups excluding tert-OH is 1. The zero-order valence-electron chi connectivity index (χ0n) is 14.3. The van der Waals surface area contributed by atoms with Gasteiger partial charge in [0, 0.05) is 11.1 Å². The van der Waals surface area contributed by atoms with Gasteiger partial charge in [-0.1, -0.05) is 30.3 Å². The zero-order valence-corrected chi connectivity index (χ0v) is 14.3. The number of benzene rings is 2. The molecule has 3 rings (SSSR count). The van der Waals surface area contributed by atoms with Crippen LogP contribution in [-0.4, -0.2) is 36.9 Å². The minimum absolute atomic E-state index is 0.143. The zero-order chi connectivity index (χ0) is 17.8. The first-order valence-corrected chi connectivity index (χ1v) is 8.01. The van der Waals surface area contributed by atoms with Gasteiger partial charge in [-0.15, -0.1) is 0 Å². The van der Waals surface area contributed by atoms with Gasteiger partial charge in [0.25, 0.3) is 0 Å². The van der Waals surface area contributed by atoms with E-state index in [-0.39, 0.29) is 13.2 Å². The van der Waals surface area contributed by atoms with Crippen molar-refractivity contribution in [3.63, 3.8) is 0 Å². The summed E-state index contributed by atoms with van der Waals surface area (Å²) in [6.07, 6.45) is -1.34. The molecule has 1 heterocycles. The van der Waals surface area contributed by atoms with Gasteiger partial charge in [0.2, 0.25) is 0 Å². The second kappa shape index (κ2) is 7.44. The summed E-state index contributed by atoms with van der Waals surface area (Å²) in [5.41, 5.74) is 2.30. The second-order valence-electron chi connectivity index (χ2n) is 5.80. The van der Waals surface area contributed by atoms with Crippen LogP contribution in [0.3, 0.4) is 0 Å². The minimum Gasteiger partial charge on any atom is -0.496 e. The van der Waals surface area contributed by atoms with Gasteiger partial charge in [0.1, 0.15) is 24.2 Å². The van der Waals surface area contributed by atoms with Crippen LogP contribution in [-0.2, 0) is 17.9 Å². The standard InChI is InChI=1S/C19H21NO5/c1-23-16-8-9-17(24-2)18-14(16)10-20(11-15(18)21)19(22)25-12-13-6-4-3-5-7-13/h3-9,15,21H,10-12H2,1-2H3. The summed E-state index contributed by atoms with van der Waals surface area (Å²) < 4.78 is 16.1. The lowest BCUT2D eigenvalue weighted by molar-refractivity contribution is 0.0553. The third-order valence-corrected chi connectivity index (χ3v) is 4.25. The minimum atomic E-state index is -0.863. The predicted molar refractivity (Wildman–Crippen MR) is 91.5 cm³/mol. The van der Waals surface area contributed by atoms with Crippen molar-refractivity contribution in [1.29, 1.82) is 0 Å². The monoisotopic (exact) mass is 343 g/mol. The molecule has 1 atom stereocenters. The van der Waals surface area contributed by atoms with Gasteiger partial charge in [0.15, 0.2) is 0 Å². The maximum Gasteiger partial charge on any atom is 0.410 e. The highest BCUT2D eigenvalue weighted by molar-refractivity contribution is 5.69. The Bertz CT molecular complexity index is 747. The topological polar surface area (TPSA) is 68.2 Å². The molecule has 1 unspecified atom stereocenters. The van der Waals surface area contributed by atoms with Gasteiger partial charge in [-0.05, 0) is 17.7 Å². The highest BCUT2D eigenvalue weighted by Gasteiger charge is 2.32. The maximum atomic E-state index is 12.4. The van der Waals surface area contributed by atoms with E-state index in [1.54, 1.807) is 26.4 Å². The number of aliphatic hydroxyl groups is 1. The first-order valence-electron chi connectivity index (χ1n) is 8.01. The lowest BCUT2D eigenvalue weighted by Crippen LogP contribution is -2.39. The molecule has 6 heteroatoms. The molecule has 6 nitrogen and oxygen atoms in total. The van der Waals surface area contributed by atoms with Crippen molar-refractivity contribution in [2.45, 2.75) is 19.3 Å². The molecule has 2 aromatic rings. The predicted octanol–water partition coefficient (Wildman–Crippen LogP) is 2.89. The first kappa shape index (κ1) is 17.1. The Balaban J connectivity index is 1.77. The highest BCUT2D eigenvalue weighted by Crippen LogP contribution is 2.39. The summed E-state index contributed by atoms with van der Waals surface area (Å²) >= 11 is 0. The van der Waals surface area contributed by atoms with Crippen LogP contribution in [0.25, 0.3) is 0 Å². The summed E-state index contributed by atoms with van der Waals surface area (Å²) in [4.78, 5) is 13.9. The van der Waals surface area contributed by atoms with Crippen LogP contribution in [0.1, 0.15) is 22.8 Å². The van der Waals surface area contributed by atoms with Gasteiger partial charge in [-0.2, -0.15) is 0 Å². The molecule has 0 saturated carbocycles. The van der Waals surface area contributed by atoms with E-state index in [1.807, 2.05) is 30.3 Å². The molecule has 1 aliphatic heterocycles. The Kier molecular flexibility index (Phi) is 5.09. The molecule has 0 aliphatic carbocycles. The van der Waals surface area contributed by atoms with Gasteiger partial charge < -0.3 is 24.2 Å². The summed E-state index contributed by atoms with van der Waals surface area (Å²) in [6.45, 7) is 0.624. The fourth-order valence-electron chi connectivity index (χ4n) is 3.03. The Morgan fingerprint density at radius 3 is 2.48 bits per heavy atom. The maximum absolute atomic E-state index is 12.4. The van der Waals surface area contributed by atoms with E-state index in [2.05, 4.69) is 0 Å². The number of rotatable bonds is 4. The molecular weight excluding hydrogens is 322 g/mol. The summed E-state index contributed by atoms with van der Waals surface area (Å²) in [5.74, 6) is 1.19. The van der Waals surface area contributed by atoms with E-state index in [1.165, 1.54) is 4.90 Å². The van der Waals surface area contributed by atoms with Crippen molar-refractivity contribution in [1.82, 2.24) is 4.90 Å². The van der Waals surface area contributed by atoms with E-state index in [9.17, 15) is 9.90 Å². The largest absolute Gasteiger partial charge is 0.496 e. The first-order chi connectivity index (χ1) is 12.1. The number of ether oxygens (including phenoxy) is 3. The van der Waals surface area contributed by atoms with Crippen LogP contribution in [0, 0.1) is 0 Å².